The van der Waals surface area contributed by atoms with Crippen molar-refractivity contribution in [2.45, 2.75) is 38.8 Å². The second-order valence-corrected chi connectivity index (χ2v) is 5.70. The molecule has 2 N–H and O–H groups in total. The van der Waals surface area contributed by atoms with Crippen molar-refractivity contribution in [2.75, 3.05) is 0 Å². The van der Waals surface area contributed by atoms with Crippen LogP contribution in [0.1, 0.15) is 38.1 Å². The Bertz CT molecular complexity index is 494. The molecule has 0 radical (unpaired) electrons. The predicted molar refractivity (Wildman–Crippen MR) is 74.3 cm³/mol. The van der Waals surface area contributed by atoms with Gasteiger partial charge in [-0.15, -0.1) is 0 Å². The van der Waals surface area contributed by atoms with Crippen molar-refractivity contribution >= 4 is 0 Å². The summed E-state index contributed by atoms with van der Waals surface area (Å²) in [5.41, 5.74) is 8.71. The Morgan fingerprint density at radius 1 is 1.22 bits per heavy atom. The number of rotatable bonds is 3. The Balaban J connectivity index is 2.18. The van der Waals surface area contributed by atoms with Crippen LogP contribution < -0.4 is 5.73 Å². The molecule has 1 aromatic carbocycles. The van der Waals surface area contributed by atoms with Gasteiger partial charge in [-0.2, -0.15) is 0 Å². The van der Waals surface area contributed by atoms with E-state index in [-0.39, 0.29) is 11.5 Å². The van der Waals surface area contributed by atoms with E-state index in [1.807, 2.05) is 30.7 Å². The predicted octanol–water partition coefficient (Wildman–Crippen LogP) is 2.88. The molecule has 0 spiro atoms. The van der Waals surface area contributed by atoms with E-state index in [2.05, 4.69) is 42.5 Å². The first-order valence-corrected chi connectivity index (χ1v) is 6.29. The summed E-state index contributed by atoms with van der Waals surface area (Å²) >= 11 is 0. The summed E-state index contributed by atoms with van der Waals surface area (Å²) in [6.07, 6.45) is 3.79. The number of benzene rings is 1. The van der Waals surface area contributed by atoms with E-state index in [9.17, 15) is 0 Å². The van der Waals surface area contributed by atoms with Crippen molar-refractivity contribution in [2.24, 2.45) is 5.73 Å². The summed E-state index contributed by atoms with van der Waals surface area (Å²) in [7, 11) is 0. The highest BCUT2D eigenvalue weighted by molar-refractivity contribution is 5.19. The van der Waals surface area contributed by atoms with Crippen LogP contribution in [0.2, 0.25) is 0 Å². The molecule has 3 nitrogen and oxygen atoms in total. The highest BCUT2D eigenvalue weighted by Gasteiger charge is 2.19. The van der Waals surface area contributed by atoms with E-state index in [1.165, 1.54) is 5.69 Å². The molecular weight excluding hydrogens is 222 g/mol. The third-order valence-electron chi connectivity index (χ3n) is 3.10. The fourth-order valence-corrected chi connectivity index (χ4v) is 2.11. The summed E-state index contributed by atoms with van der Waals surface area (Å²) < 4.78 is 2.15. The van der Waals surface area contributed by atoms with Gasteiger partial charge in [-0.25, -0.2) is 4.98 Å². The molecular formula is C15H21N3. The lowest BCUT2D eigenvalue weighted by atomic mass is 9.92. The van der Waals surface area contributed by atoms with Crippen molar-refractivity contribution in [1.82, 2.24) is 9.55 Å². The van der Waals surface area contributed by atoms with Crippen LogP contribution >= 0.6 is 0 Å². The van der Waals surface area contributed by atoms with E-state index in [1.54, 1.807) is 0 Å². The van der Waals surface area contributed by atoms with Crippen molar-refractivity contribution in [3.63, 3.8) is 0 Å². The van der Waals surface area contributed by atoms with Crippen LogP contribution in [0.15, 0.2) is 42.9 Å². The number of imidazole rings is 1. The third kappa shape index (κ3) is 2.79. The lowest BCUT2D eigenvalue weighted by Crippen LogP contribution is -2.23. The van der Waals surface area contributed by atoms with Gasteiger partial charge in [-0.05, 0) is 5.56 Å². The van der Waals surface area contributed by atoms with Gasteiger partial charge in [-0.1, -0.05) is 51.1 Å². The van der Waals surface area contributed by atoms with Crippen molar-refractivity contribution in [3.05, 3.63) is 54.1 Å². The minimum Gasteiger partial charge on any atom is -0.332 e. The zero-order valence-corrected chi connectivity index (χ0v) is 11.3. The average Bonchev–Trinajstić information content (AvgIpc) is 2.78. The first-order valence-electron chi connectivity index (χ1n) is 6.29. The largest absolute Gasteiger partial charge is 0.332 e. The van der Waals surface area contributed by atoms with Crippen molar-refractivity contribution < 1.29 is 0 Å². The number of aromatic nitrogens is 2. The molecule has 96 valence electrons. The fraction of sp³-hybridized carbons (Fsp3) is 0.400. The summed E-state index contributed by atoms with van der Waals surface area (Å²) in [6, 6.07) is 10.2. The van der Waals surface area contributed by atoms with Gasteiger partial charge in [0.25, 0.3) is 0 Å². The van der Waals surface area contributed by atoms with Crippen molar-refractivity contribution in [3.8, 4) is 0 Å². The smallest absolute Gasteiger partial charge is 0.0949 e. The summed E-state index contributed by atoms with van der Waals surface area (Å²) in [5, 5.41) is 0. The Morgan fingerprint density at radius 2 is 1.89 bits per heavy atom. The van der Waals surface area contributed by atoms with Gasteiger partial charge in [0, 0.05) is 29.9 Å². The highest BCUT2D eigenvalue weighted by Crippen LogP contribution is 2.23. The van der Waals surface area contributed by atoms with Crippen LogP contribution in [-0.4, -0.2) is 9.55 Å². The SMILES string of the molecule is CC(C)(C)c1cncn1CC(N)c1ccccc1. The quantitative estimate of drug-likeness (QED) is 0.900. The molecule has 0 saturated heterocycles. The number of hydrogen-bond acceptors (Lipinski definition) is 2. The molecule has 0 aliphatic heterocycles. The van der Waals surface area contributed by atoms with Crippen LogP contribution in [0, 0.1) is 0 Å². The van der Waals surface area contributed by atoms with Crippen LogP contribution in [0.4, 0.5) is 0 Å². The van der Waals surface area contributed by atoms with E-state index in [4.69, 9.17) is 5.73 Å². The zero-order valence-electron chi connectivity index (χ0n) is 11.3. The summed E-state index contributed by atoms with van der Waals surface area (Å²) in [5.74, 6) is 0. The van der Waals surface area contributed by atoms with Gasteiger partial charge in [-0.3, -0.25) is 0 Å². The minimum atomic E-state index is 0.00139. The zero-order chi connectivity index (χ0) is 13.2. The number of hydrogen-bond donors (Lipinski definition) is 1. The highest BCUT2D eigenvalue weighted by atomic mass is 15.1. The molecule has 2 aromatic rings. The van der Waals surface area contributed by atoms with Gasteiger partial charge in [0.15, 0.2) is 0 Å². The van der Waals surface area contributed by atoms with Crippen LogP contribution in [0.5, 0.6) is 0 Å². The van der Waals surface area contributed by atoms with Gasteiger partial charge in [0.2, 0.25) is 0 Å². The molecule has 0 aliphatic carbocycles. The molecule has 1 unspecified atom stereocenters. The molecule has 0 bridgehead atoms. The lowest BCUT2D eigenvalue weighted by molar-refractivity contribution is 0.487. The molecule has 0 amide bonds. The Hall–Kier alpha value is -1.61. The molecule has 1 aromatic heterocycles. The number of nitrogens with two attached hydrogens (primary N) is 1. The molecule has 0 fully saturated rings. The maximum atomic E-state index is 6.25. The van der Waals surface area contributed by atoms with Gasteiger partial charge >= 0.3 is 0 Å². The molecule has 1 heterocycles. The minimum absolute atomic E-state index is 0.00139. The van der Waals surface area contributed by atoms with Gasteiger partial charge in [0.05, 0.1) is 6.33 Å². The van der Waals surface area contributed by atoms with Gasteiger partial charge < -0.3 is 10.3 Å². The first-order chi connectivity index (χ1) is 8.48. The third-order valence-corrected chi connectivity index (χ3v) is 3.10. The monoisotopic (exact) mass is 243 g/mol. The standard InChI is InChI=1S/C15H21N3/c1-15(2,3)14-9-17-11-18(14)10-13(16)12-7-5-4-6-8-12/h4-9,11,13H,10,16H2,1-3H3. The first kappa shape index (κ1) is 12.8. The second-order valence-electron chi connectivity index (χ2n) is 5.70. The topological polar surface area (TPSA) is 43.8 Å². The average molecular weight is 243 g/mol. The maximum absolute atomic E-state index is 6.25. The van der Waals surface area contributed by atoms with Crippen LogP contribution in [0.25, 0.3) is 0 Å². The molecule has 2 rings (SSSR count). The lowest BCUT2D eigenvalue weighted by Gasteiger charge is -2.22. The Labute approximate surface area is 109 Å². The van der Waals surface area contributed by atoms with E-state index < -0.39 is 0 Å². The Morgan fingerprint density at radius 3 is 2.50 bits per heavy atom. The molecule has 0 aliphatic rings. The number of nitrogens with zero attached hydrogens (tertiary/aromatic N) is 2. The van der Waals surface area contributed by atoms with E-state index in [0.717, 1.165) is 12.1 Å². The molecule has 18 heavy (non-hydrogen) atoms. The summed E-state index contributed by atoms with van der Waals surface area (Å²) in [4.78, 5) is 4.24. The molecule has 0 saturated carbocycles. The molecule has 3 heteroatoms. The van der Waals surface area contributed by atoms with E-state index in [0.29, 0.717) is 0 Å². The van der Waals surface area contributed by atoms with Crippen molar-refractivity contribution in [1.29, 1.82) is 0 Å². The second kappa shape index (κ2) is 4.94. The van der Waals surface area contributed by atoms with Crippen LogP contribution in [-0.2, 0) is 12.0 Å². The van der Waals surface area contributed by atoms with Gasteiger partial charge in [0.1, 0.15) is 0 Å². The maximum Gasteiger partial charge on any atom is 0.0949 e. The Kier molecular flexibility index (Phi) is 3.53. The fourth-order valence-electron chi connectivity index (χ4n) is 2.11. The summed E-state index contributed by atoms with van der Waals surface area (Å²) in [6.45, 7) is 7.33. The van der Waals surface area contributed by atoms with Crippen LogP contribution in [0.3, 0.4) is 0 Å². The van der Waals surface area contributed by atoms with E-state index >= 15 is 0 Å². The molecule has 1 atom stereocenters. The normalized spacial score (nSPS) is 13.6.